The summed E-state index contributed by atoms with van der Waals surface area (Å²) in [5.74, 6) is 0.940. The maximum atomic E-state index is 5.07. The van der Waals surface area contributed by atoms with Crippen LogP contribution in [0.15, 0.2) is 39.8 Å². The molecule has 0 saturated carbocycles. The van der Waals surface area contributed by atoms with Crippen LogP contribution >= 0.6 is 15.9 Å². The molecule has 0 fully saturated rings. The maximum absolute atomic E-state index is 5.07. The van der Waals surface area contributed by atoms with E-state index in [2.05, 4.69) is 51.9 Å². The number of nitrogens with zero attached hydrogens (tertiary/aromatic N) is 3. The number of hydrogen-bond donors (Lipinski definition) is 0. The number of ether oxygens (including phenoxy) is 1. The molecule has 0 aliphatic rings. The number of rotatable bonds is 7. The predicted molar refractivity (Wildman–Crippen MR) is 119 cm³/mol. The van der Waals surface area contributed by atoms with Crippen LogP contribution in [0.2, 0.25) is 0 Å². The molecule has 27 heavy (non-hydrogen) atoms. The molecule has 1 aromatic heterocycles. The largest absolute Gasteiger partial charge is 0.497 e. The highest BCUT2D eigenvalue weighted by Crippen LogP contribution is 2.23. The number of methoxy groups -OCH3 is 1. The SMILES string of the molecule is CCCCc1ccc(OC)cc1.CCN(C)C=Nc1cc(Br)c(C)nc1C. The van der Waals surface area contributed by atoms with Crippen LogP contribution in [0.25, 0.3) is 0 Å². The van der Waals surface area contributed by atoms with Crippen molar-refractivity contribution in [2.24, 2.45) is 4.99 Å². The molecule has 2 aromatic rings. The van der Waals surface area contributed by atoms with Gasteiger partial charge in [0.2, 0.25) is 0 Å². The molecule has 148 valence electrons. The fraction of sp³-hybridized carbons (Fsp3) is 0.455. The number of aromatic nitrogens is 1. The lowest BCUT2D eigenvalue weighted by atomic mass is 10.1. The smallest absolute Gasteiger partial charge is 0.118 e. The second kappa shape index (κ2) is 12.5. The molecule has 0 aliphatic carbocycles. The van der Waals surface area contributed by atoms with Gasteiger partial charge in [0.05, 0.1) is 30.5 Å². The third-order valence-corrected chi connectivity index (χ3v) is 4.99. The number of halogens is 1. The normalized spacial score (nSPS) is 10.5. The Labute approximate surface area is 172 Å². The molecule has 0 aliphatic heterocycles. The van der Waals surface area contributed by atoms with E-state index >= 15 is 0 Å². The van der Waals surface area contributed by atoms with E-state index in [1.165, 1.54) is 24.8 Å². The van der Waals surface area contributed by atoms with Gasteiger partial charge < -0.3 is 9.64 Å². The Bertz CT molecular complexity index is 714. The van der Waals surface area contributed by atoms with Gasteiger partial charge in [0.25, 0.3) is 0 Å². The molecular formula is C22H32BrN3O. The zero-order chi connectivity index (χ0) is 20.2. The number of benzene rings is 1. The van der Waals surface area contributed by atoms with Crippen molar-refractivity contribution in [3.8, 4) is 5.75 Å². The van der Waals surface area contributed by atoms with Gasteiger partial charge in [-0.15, -0.1) is 0 Å². The van der Waals surface area contributed by atoms with E-state index in [0.717, 1.165) is 33.8 Å². The molecular weight excluding hydrogens is 402 g/mol. The highest BCUT2D eigenvalue weighted by molar-refractivity contribution is 9.10. The topological polar surface area (TPSA) is 37.7 Å². The lowest BCUT2D eigenvalue weighted by molar-refractivity contribution is 0.414. The third kappa shape index (κ3) is 8.57. The van der Waals surface area contributed by atoms with Crippen molar-refractivity contribution in [2.45, 2.75) is 47.0 Å². The summed E-state index contributed by atoms with van der Waals surface area (Å²) in [6.07, 6.45) is 5.53. The third-order valence-electron chi connectivity index (χ3n) is 4.19. The van der Waals surface area contributed by atoms with Crippen molar-refractivity contribution >= 4 is 28.0 Å². The van der Waals surface area contributed by atoms with Crippen LogP contribution in [-0.2, 0) is 6.42 Å². The van der Waals surface area contributed by atoms with Gasteiger partial charge in [-0.1, -0.05) is 25.5 Å². The Morgan fingerprint density at radius 3 is 2.37 bits per heavy atom. The van der Waals surface area contributed by atoms with Crippen LogP contribution in [0.5, 0.6) is 5.75 Å². The van der Waals surface area contributed by atoms with E-state index in [0.29, 0.717) is 0 Å². The van der Waals surface area contributed by atoms with E-state index in [4.69, 9.17) is 4.74 Å². The van der Waals surface area contributed by atoms with Crippen LogP contribution in [0.4, 0.5) is 5.69 Å². The molecule has 0 atom stereocenters. The van der Waals surface area contributed by atoms with Gasteiger partial charge in [0.1, 0.15) is 5.75 Å². The van der Waals surface area contributed by atoms with E-state index in [9.17, 15) is 0 Å². The summed E-state index contributed by atoms with van der Waals surface area (Å²) in [7, 11) is 3.69. The number of pyridine rings is 1. The Morgan fingerprint density at radius 2 is 1.81 bits per heavy atom. The highest BCUT2D eigenvalue weighted by Gasteiger charge is 2.02. The van der Waals surface area contributed by atoms with Crippen LogP contribution in [0, 0.1) is 13.8 Å². The highest BCUT2D eigenvalue weighted by atomic mass is 79.9. The lowest BCUT2D eigenvalue weighted by Crippen LogP contribution is -2.14. The van der Waals surface area contributed by atoms with E-state index in [1.54, 1.807) is 7.11 Å². The molecule has 5 heteroatoms. The molecule has 1 heterocycles. The van der Waals surface area contributed by atoms with Crippen LogP contribution < -0.4 is 4.74 Å². The monoisotopic (exact) mass is 433 g/mol. The molecule has 0 saturated heterocycles. The molecule has 2 rings (SSSR count). The summed E-state index contributed by atoms with van der Waals surface area (Å²) < 4.78 is 6.07. The molecule has 1 aromatic carbocycles. The molecule has 0 spiro atoms. The number of hydrogen-bond acceptors (Lipinski definition) is 3. The maximum Gasteiger partial charge on any atom is 0.118 e. The van der Waals surface area contributed by atoms with Crippen LogP contribution in [0.1, 0.15) is 43.6 Å². The quantitative estimate of drug-likeness (QED) is 0.390. The van der Waals surface area contributed by atoms with Gasteiger partial charge in [-0.3, -0.25) is 4.98 Å². The minimum atomic E-state index is 0.910. The van der Waals surface area contributed by atoms with Crippen molar-refractivity contribution in [3.63, 3.8) is 0 Å². The molecule has 0 amide bonds. The Kier molecular flexibility index (Phi) is 10.7. The fourth-order valence-corrected chi connectivity index (χ4v) is 2.54. The second-order valence-corrected chi connectivity index (χ2v) is 7.28. The summed E-state index contributed by atoms with van der Waals surface area (Å²) in [6, 6.07) is 10.3. The van der Waals surface area contributed by atoms with Crippen LogP contribution in [-0.4, -0.2) is 36.9 Å². The van der Waals surface area contributed by atoms with Crippen molar-refractivity contribution in [1.82, 2.24) is 9.88 Å². The number of aliphatic imine (C=N–C) groups is 1. The number of unbranched alkanes of at least 4 members (excludes halogenated alkanes) is 1. The zero-order valence-corrected chi connectivity index (χ0v) is 19.0. The van der Waals surface area contributed by atoms with Crippen LogP contribution in [0.3, 0.4) is 0 Å². The van der Waals surface area contributed by atoms with Crippen molar-refractivity contribution in [3.05, 3.63) is 51.8 Å². The van der Waals surface area contributed by atoms with E-state index in [1.807, 2.05) is 50.3 Å². The Balaban J connectivity index is 0.000000277. The standard InChI is InChI=1S/C11H16BrN3.C11H16O/c1-5-15(4)7-13-11-6-10(12)8(2)14-9(11)3;1-3-4-5-10-6-8-11(12-2)9-7-10/h6-7H,5H2,1-4H3;6-9H,3-5H2,1-2H3. The second-order valence-electron chi connectivity index (χ2n) is 6.43. The van der Waals surface area contributed by atoms with Gasteiger partial charge in [-0.05, 0) is 73.3 Å². The average molecular weight is 434 g/mol. The summed E-state index contributed by atoms with van der Waals surface area (Å²) in [5.41, 5.74) is 4.26. The summed E-state index contributed by atoms with van der Waals surface area (Å²) in [6.45, 7) is 9.19. The lowest BCUT2D eigenvalue weighted by Gasteiger charge is -2.09. The minimum Gasteiger partial charge on any atom is -0.497 e. The summed E-state index contributed by atoms with van der Waals surface area (Å²) in [4.78, 5) is 10.8. The fourth-order valence-electron chi connectivity index (χ4n) is 2.24. The van der Waals surface area contributed by atoms with E-state index in [-0.39, 0.29) is 0 Å². The van der Waals surface area contributed by atoms with Gasteiger partial charge >= 0.3 is 0 Å². The van der Waals surface area contributed by atoms with Gasteiger partial charge in [-0.2, -0.15) is 0 Å². The van der Waals surface area contributed by atoms with Crippen molar-refractivity contribution in [1.29, 1.82) is 0 Å². The summed E-state index contributed by atoms with van der Waals surface area (Å²) >= 11 is 3.45. The molecule has 4 nitrogen and oxygen atoms in total. The average Bonchev–Trinajstić information content (AvgIpc) is 2.68. The Hall–Kier alpha value is -1.88. The first-order chi connectivity index (χ1) is 12.9. The van der Waals surface area contributed by atoms with E-state index < -0.39 is 0 Å². The Morgan fingerprint density at radius 1 is 1.15 bits per heavy atom. The van der Waals surface area contributed by atoms with Gasteiger partial charge in [0, 0.05) is 18.1 Å². The van der Waals surface area contributed by atoms with Gasteiger partial charge in [0.15, 0.2) is 0 Å². The first-order valence-electron chi connectivity index (χ1n) is 9.42. The summed E-state index contributed by atoms with van der Waals surface area (Å²) in [5, 5.41) is 0. The van der Waals surface area contributed by atoms with Crippen molar-refractivity contribution < 1.29 is 4.74 Å². The number of aryl methyl sites for hydroxylation is 3. The molecule has 0 unspecified atom stereocenters. The first-order valence-corrected chi connectivity index (χ1v) is 10.2. The molecule has 0 radical (unpaired) electrons. The van der Waals surface area contributed by atoms with Crippen molar-refractivity contribution in [2.75, 3.05) is 20.7 Å². The zero-order valence-electron chi connectivity index (χ0n) is 17.4. The first kappa shape index (κ1) is 23.2. The predicted octanol–water partition coefficient (Wildman–Crippen LogP) is 6.11. The molecule has 0 bridgehead atoms. The minimum absolute atomic E-state index is 0.910. The molecule has 0 N–H and O–H groups in total. The van der Waals surface area contributed by atoms with Gasteiger partial charge in [-0.25, -0.2) is 4.99 Å².